The maximum absolute atomic E-state index is 12.2. The SMILES string of the molecule is NC(=O)COc1ccc(NC(=O)Cn2c(=O)oc3ccccc32)cc1. The molecule has 8 nitrogen and oxygen atoms in total. The van der Waals surface area contributed by atoms with Gasteiger partial charge in [0.2, 0.25) is 5.91 Å². The number of benzene rings is 2. The quantitative estimate of drug-likeness (QED) is 0.696. The van der Waals surface area contributed by atoms with Crippen molar-refractivity contribution >= 4 is 28.6 Å². The minimum atomic E-state index is -0.591. The van der Waals surface area contributed by atoms with E-state index in [-0.39, 0.29) is 19.1 Å². The second kappa shape index (κ2) is 6.91. The van der Waals surface area contributed by atoms with Crippen LogP contribution in [0.15, 0.2) is 57.7 Å². The van der Waals surface area contributed by atoms with E-state index in [0.717, 1.165) is 0 Å². The van der Waals surface area contributed by atoms with E-state index in [1.807, 2.05) is 0 Å². The fourth-order valence-corrected chi connectivity index (χ4v) is 2.30. The molecule has 0 radical (unpaired) electrons. The molecule has 3 aromatic rings. The Hall–Kier alpha value is -3.55. The minimum Gasteiger partial charge on any atom is -0.484 e. The van der Waals surface area contributed by atoms with Crippen LogP contribution in [0.4, 0.5) is 5.69 Å². The van der Waals surface area contributed by atoms with Crippen molar-refractivity contribution in [3.05, 3.63) is 59.1 Å². The Labute approximate surface area is 141 Å². The summed E-state index contributed by atoms with van der Waals surface area (Å²) < 4.78 is 11.5. The monoisotopic (exact) mass is 341 g/mol. The molecular weight excluding hydrogens is 326 g/mol. The third-order valence-corrected chi connectivity index (χ3v) is 3.39. The van der Waals surface area contributed by atoms with Crippen molar-refractivity contribution in [3.8, 4) is 5.75 Å². The first-order valence-corrected chi connectivity index (χ1v) is 7.42. The smallest absolute Gasteiger partial charge is 0.420 e. The molecule has 2 aromatic carbocycles. The van der Waals surface area contributed by atoms with E-state index >= 15 is 0 Å². The van der Waals surface area contributed by atoms with Crippen molar-refractivity contribution in [1.29, 1.82) is 0 Å². The van der Waals surface area contributed by atoms with Gasteiger partial charge in [-0.15, -0.1) is 0 Å². The number of carbonyl (C=O) groups is 2. The van der Waals surface area contributed by atoms with Gasteiger partial charge in [0.1, 0.15) is 12.3 Å². The lowest BCUT2D eigenvalue weighted by Crippen LogP contribution is -2.24. The van der Waals surface area contributed by atoms with Crippen LogP contribution in [0.3, 0.4) is 0 Å². The van der Waals surface area contributed by atoms with Crippen LogP contribution in [0.1, 0.15) is 0 Å². The topological polar surface area (TPSA) is 117 Å². The van der Waals surface area contributed by atoms with Crippen molar-refractivity contribution in [2.24, 2.45) is 5.73 Å². The molecule has 3 N–H and O–H groups in total. The lowest BCUT2D eigenvalue weighted by molar-refractivity contribution is -0.120. The Bertz CT molecular complexity index is 972. The molecule has 0 aliphatic rings. The number of nitrogens with one attached hydrogen (secondary N) is 1. The van der Waals surface area contributed by atoms with Gasteiger partial charge in [-0.3, -0.25) is 14.2 Å². The number of primary amides is 1. The first kappa shape index (κ1) is 16.3. The Morgan fingerprint density at radius 2 is 1.84 bits per heavy atom. The lowest BCUT2D eigenvalue weighted by atomic mass is 10.3. The van der Waals surface area contributed by atoms with Crippen molar-refractivity contribution in [2.45, 2.75) is 6.54 Å². The second-order valence-electron chi connectivity index (χ2n) is 5.25. The summed E-state index contributed by atoms with van der Waals surface area (Å²) in [4.78, 5) is 34.7. The molecule has 2 amide bonds. The normalized spacial score (nSPS) is 10.6. The first-order chi connectivity index (χ1) is 12.0. The molecule has 0 atom stereocenters. The molecule has 0 bridgehead atoms. The Balaban J connectivity index is 1.67. The first-order valence-electron chi connectivity index (χ1n) is 7.42. The zero-order chi connectivity index (χ0) is 17.8. The molecular formula is C17H15N3O5. The van der Waals surface area contributed by atoms with Crippen LogP contribution in [0.2, 0.25) is 0 Å². The average Bonchev–Trinajstić information content (AvgIpc) is 2.90. The number of fused-ring (bicyclic) bond motifs is 1. The Kier molecular flexibility index (Phi) is 4.51. The highest BCUT2D eigenvalue weighted by molar-refractivity contribution is 5.91. The van der Waals surface area contributed by atoms with Crippen LogP contribution >= 0.6 is 0 Å². The van der Waals surface area contributed by atoms with Crippen molar-refractivity contribution < 1.29 is 18.7 Å². The average molecular weight is 341 g/mol. The molecule has 0 spiro atoms. The van der Waals surface area contributed by atoms with Crippen LogP contribution in [0, 0.1) is 0 Å². The number of ether oxygens (including phenoxy) is 1. The zero-order valence-electron chi connectivity index (χ0n) is 13.1. The van der Waals surface area contributed by atoms with E-state index < -0.39 is 11.7 Å². The summed E-state index contributed by atoms with van der Waals surface area (Å²) in [5, 5.41) is 2.68. The van der Waals surface area contributed by atoms with Gasteiger partial charge in [-0.05, 0) is 36.4 Å². The van der Waals surface area contributed by atoms with E-state index in [0.29, 0.717) is 22.5 Å². The van der Waals surface area contributed by atoms with E-state index in [1.165, 1.54) is 4.57 Å². The summed E-state index contributed by atoms with van der Waals surface area (Å²) in [5.74, 6) is -1.09. The summed E-state index contributed by atoms with van der Waals surface area (Å²) in [6.45, 7) is -0.391. The van der Waals surface area contributed by atoms with Crippen molar-refractivity contribution in [3.63, 3.8) is 0 Å². The van der Waals surface area contributed by atoms with Gasteiger partial charge >= 0.3 is 5.76 Å². The number of hydrogen-bond donors (Lipinski definition) is 2. The van der Waals surface area contributed by atoms with Gasteiger partial charge in [-0.1, -0.05) is 12.1 Å². The van der Waals surface area contributed by atoms with Crippen molar-refractivity contribution in [2.75, 3.05) is 11.9 Å². The number of oxazole rings is 1. The fourth-order valence-electron chi connectivity index (χ4n) is 2.30. The van der Waals surface area contributed by atoms with Gasteiger partial charge in [-0.25, -0.2) is 4.79 Å². The Morgan fingerprint density at radius 3 is 2.56 bits per heavy atom. The van der Waals surface area contributed by atoms with Crippen LogP contribution in [0.25, 0.3) is 11.1 Å². The molecule has 1 aromatic heterocycles. The number of nitrogens with zero attached hydrogens (tertiary/aromatic N) is 1. The number of anilines is 1. The summed E-state index contributed by atoms with van der Waals surface area (Å²) in [6, 6.07) is 13.3. The zero-order valence-corrected chi connectivity index (χ0v) is 13.1. The number of nitrogens with two attached hydrogens (primary N) is 1. The highest BCUT2D eigenvalue weighted by atomic mass is 16.5. The lowest BCUT2D eigenvalue weighted by Gasteiger charge is -2.07. The minimum absolute atomic E-state index is 0.171. The molecule has 25 heavy (non-hydrogen) atoms. The second-order valence-corrected chi connectivity index (χ2v) is 5.25. The maximum Gasteiger partial charge on any atom is 0.420 e. The molecule has 0 aliphatic heterocycles. The van der Waals surface area contributed by atoms with Gasteiger partial charge < -0.3 is 20.2 Å². The number of para-hydroxylation sites is 2. The number of amides is 2. The van der Waals surface area contributed by atoms with Gasteiger partial charge in [0, 0.05) is 5.69 Å². The van der Waals surface area contributed by atoms with Gasteiger partial charge in [0.25, 0.3) is 5.91 Å². The van der Waals surface area contributed by atoms with Crippen LogP contribution in [-0.2, 0) is 16.1 Å². The predicted octanol–water partition coefficient (Wildman–Crippen LogP) is 1.10. The van der Waals surface area contributed by atoms with Gasteiger partial charge in [0.15, 0.2) is 12.2 Å². The Morgan fingerprint density at radius 1 is 1.12 bits per heavy atom. The molecule has 0 aliphatic carbocycles. The molecule has 128 valence electrons. The number of hydrogen-bond acceptors (Lipinski definition) is 5. The summed E-state index contributed by atoms with van der Waals surface area (Å²) in [5.41, 5.74) is 6.50. The molecule has 0 fully saturated rings. The molecule has 0 saturated heterocycles. The highest BCUT2D eigenvalue weighted by Crippen LogP contribution is 2.16. The number of carbonyl (C=O) groups excluding carboxylic acids is 2. The standard InChI is InChI=1S/C17H15N3O5/c18-15(21)10-24-12-7-5-11(6-8-12)19-16(22)9-20-13-3-1-2-4-14(13)25-17(20)23/h1-8H,9-10H2,(H2,18,21)(H,19,22). The van der Waals surface area contributed by atoms with Crippen LogP contribution in [0.5, 0.6) is 5.75 Å². The number of aromatic nitrogens is 1. The predicted molar refractivity (Wildman–Crippen MR) is 90.2 cm³/mol. The summed E-state index contributed by atoms with van der Waals surface area (Å²) >= 11 is 0. The molecule has 0 unspecified atom stereocenters. The van der Waals surface area contributed by atoms with Crippen molar-refractivity contribution in [1.82, 2.24) is 4.57 Å². The van der Waals surface area contributed by atoms with E-state index in [1.54, 1.807) is 48.5 Å². The van der Waals surface area contributed by atoms with E-state index in [2.05, 4.69) is 5.32 Å². The molecule has 3 rings (SSSR count). The highest BCUT2D eigenvalue weighted by Gasteiger charge is 2.12. The summed E-state index contributed by atoms with van der Waals surface area (Å²) in [6.07, 6.45) is 0. The summed E-state index contributed by atoms with van der Waals surface area (Å²) in [7, 11) is 0. The molecule has 1 heterocycles. The van der Waals surface area contributed by atoms with E-state index in [4.69, 9.17) is 14.9 Å². The third-order valence-electron chi connectivity index (χ3n) is 3.39. The van der Waals surface area contributed by atoms with Crippen LogP contribution in [-0.4, -0.2) is 23.0 Å². The van der Waals surface area contributed by atoms with Crippen LogP contribution < -0.4 is 21.5 Å². The molecule has 8 heteroatoms. The largest absolute Gasteiger partial charge is 0.484 e. The van der Waals surface area contributed by atoms with E-state index in [9.17, 15) is 14.4 Å². The third kappa shape index (κ3) is 3.86. The van der Waals surface area contributed by atoms with Gasteiger partial charge in [0.05, 0.1) is 5.52 Å². The molecule has 0 saturated carbocycles. The van der Waals surface area contributed by atoms with Gasteiger partial charge in [-0.2, -0.15) is 0 Å². The number of rotatable bonds is 6. The maximum atomic E-state index is 12.2. The fraction of sp³-hybridized carbons (Fsp3) is 0.118.